The van der Waals surface area contributed by atoms with Crippen LogP contribution in [0.1, 0.15) is 5.69 Å². The van der Waals surface area contributed by atoms with Gasteiger partial charge in [-0.25, -0.2) is 0 Å². The molecule has 0 fully saturated rings. The first-order chi connectivity index (χ1) is 5.00. The first-order valence-corrected chi connectivity index (χ1v) is 4.60. The summed E-state index contributed by atoms with van der Waals surface area (Å²) in [6.45, 7) is 1.75. The molecule has 0 spiro atoms. The van der Waals surface area contributed by atoms with Crippen molar-refractivity contribution in [2.45, 2.75) is 6.92 Å². The van der Waals surface area contributed by atoms with Gasteiger partial charge < -0.3 is 9.79 Å². The van der Waals surface area contributed by atoms with Crippen LogP contribution in [0.4, 0.5) is 0 Å². The van der Waals surface area contributed by atoms with Crippen molar-refractivity contribution in [2.75, 3.05) is 0 Å². The van der Waals surface area contributed by atoms with E-state index >= 15 is 0 Å². The molecule has 0 radical (unpaired) electrons. The van der Waals surface area contributed by atoms with Crippen LogP contribution in [0.5, 0.6) is 0 Å². The van der Waals surface area contributed by atoms with Gasteiger partial charge in [-0.15, -0.1) is 0 Å². The third-order valence-corrected chi connectivity index (χ3v) is 2.17. The van der Waals surface area contributed by atoms with E-state index < -0.39 is 7.60 Å². The van der Waals surface area contributed by atoms with Gasteiger partial charge in [0.1, 0.15) is 0 Å². The highest BCUT2D eigenvalue weighted by Crippen LogP contribution is 2.32. The molecule has 1 aromatic heterocycles. The first-order valence-electron chi connectivity index (χ1n) is 2.99. The van der Waals surface area contributed by atoms with Crippen LogP contribution in [-0.4, -0.2) is 14.8 Å². The van der Waals surface area contributed by atoms with Crippen LogP contribution >= 0.6 is 7.60 Å². The molecular weight excluding hydrogens is 165 g/mol. The largest absolute Gasteiger partial charge is 0.357 e. The van der Waals surface area contributed by atoms with Crippen LogP contribution in [0, 0.1) is 6.92 Å². The Balaban J connectivity index is 3.09. The molecule has 0 saturated carbocycles. The van der Waals surface area contributed by atoms with Crippen molar-refractivity contribution in [1.82, 2.24) is 4.98 Å². The molecule has 0 aromatic carbocycles. The predicted molar refractivity (Wildman–Crippen MR) is 40.7 cm³/mol. The molecule has 5 heteroatoms. The van der Waals surface area contributed by atoms with Crippen molar-refractivity contribution >= 4 is 12.9 Å². The second-order valence-electron chi connectivity index (χ2n) is 2.20. The molecule has 0 amide bonds. The van der Waals surface area contributed by atoms with Gasteiger partial charge in [0.15, 0.2) is 0 Å². The Bertz CT molecular complexity index is 289. The highest BCUT2D eigenvalue weighted by molar-refractivity contribution is 7.60. The molecule has 0 aliphatic heterocycles. The summed E-state index contributed by atoms with van der Waals surface area (Å²) in [6.07, 6.45) is 1.19. The van der Waals surface area contributed by atoms with E-state index in [9.17, 15) is 4.57 Å². The number of aryl methyl sites for hydroxylation is 1. The highest BCUT2D eigenvalue weighted by atomic mass is 31.2. The van der Waals surface area contributed by atoms with Crippen molar-refractivity contribution in [3.63, 3.8) is 0 Å². The normalized spacial score (nSPS) is 11.5. The zero-order valence-electron chi connectivity index (χ0n) is 5.93. The number of rotatable bonds is 1. The monoisotopic (exact) mass is 173 g/mol. The average Bonchev–Trinajstić information content (AvgIpc) is 1.86. The van der Waals surface area contributed by atoms with E-state index in [4.69, 9.17) is 9.79 Å². The van der Waals surface area contributed by atoms with E-state index in [1.807, 2.05) is 0 Å². The van der Waals surface area contributed by atoms with Gasteiger partial charge in [-0.05, 0) is 19.1 Å². The van der Waals surface area contributed by atoms with Crippen molar-refractivity contribution in [1.29, 1.82) is 0 Å². The van der Waals surface area contributed by atoms with E-state index in [1.54, 1.807) is 13.0 Å². The molecule has 11 heavy (non-hydrogen) atoms. The minimum atomic E-state index is -4.10. The predicted octanol–water partition coefficient (Wildman–Crippen LogP) is 0.193. The molecule has 60 valence electrons. The van der Waals surface area contributed by atoms with Crippen LogP contribution in [0.2, 0.25) is 0 Å². The van der Waals surface area contributed by atoms with Gasteiger partial charge in [-0.3, -0.25) is 9.55 Å². The van der Waals surface area contributed by atoms with Gasteiger partial charge in [0, 0.05) is 11.9 Å². The maximum absolute atomic E-state index is 10.6. The third kappa shape index (κ3) is 2.12. The second-order valence-corrected chi connectivity index (χ2v) is 3.81. The molecule has 0 bridgehead atoms. The molecule has 1 aromatic rings. The SMILES string of the molecule is Cc1ccc(P(=O)(O)O)cn1. The fraction of sp³-hybridized carbons (Fsp3) is 0.167. The van der Waals surface area contributed by atoms with Crippen LogP contribution < -0.4 is 5.30 Å². The van der Waals surface area contributed by atoms with E-state index in [0.29, 0.717) is 0 Å². The topological polar surface area (TPSA) is 70.4 Å². The Morgan fingerprint density at radius 3 is 2.45 bits per heavy atom. The number of aromatic nitrogens is 1. The van der Waals surface area contributed by atoms with E-state index in [-0.39, 0.29) is 5.30 Å². The summed E-state index contributed by atoms with van der Waals surface area (Å²) in [5.74, 6) is 0. The zero-order chi connectivity index (χ0) is 8.48. The van der Waals surface area contributed by atoms with Crippen molar-refractivity contribution in [3.8, 4) is 0 Å². The van der Waals surface area contributed by atoms with Gasteiger partial charge in [-0.1, -0.05) is 0 Å². The fourth-order valence-corrected chi connectivity index (χ4v) is 1.11. The summed E-state index contributed by atoms with van der Waals surface area (Å²) in [5.41, 5.74) is 0.738. The van der Waals surface area contributed by atoms with Crippen molar-refractivity contribution < 1.29 is 14.4 Å². The van der Waals surface area contributed by atoms with Crippen molar-refractivity contribution in [3.05, 3.63) is 24.0 Å². The lowest BCUT2D eigenvalue weighted by Gasteiger charge is -2.01. The zero-order valence-corrected chi connectivity index (χ0v) is 6.82. The third-order valence-electron chi connectivity index (χ3n) is 1.23. The molecule has 4 nitrogen and oxygen atoms in total. The number of pyridine rings is 1. The smallest absolute Gasteiger partial charge is 0.321 e. The Morgan fingerprint density at radius 1 is 1.45 bits per heavy atom. The van der Waals surface area contributed by atoms with Gasteiger partial charge in [0.05, 0.1) is 5.30 Å². The van der Waals surface area contributed by atoms with E-state index in [2.05, 4.69) is 4.98 Å². The Labute approximate surface area is 64.1 Å². The van der Waals surface area contributed by atoms with E-state index in [0.717, 1.165) is 5.69 Å². The standard InChI is InChI=1S/C6H8NO3P/c1-5-2-3-6(4-7-5)11(8,9)10/h2-4H,1H3,(H2,8,9,10). The summed E-state index contributed by atoms with van der Waals surface area (Å²) < 4.78 is 10.6. The van der Waals surface area contributed by atoms with Gasteiger partial charge in [-0.2, -0.15) is 0 Å². The first kappa shape index (κ1) is 8.40. The fourth-order valence-electron chi connectivity index (χ4n) is 0.632. The van der Waals surface area contributed by atoms with E-state index in [1.165, 1.54) is 12.3 Å². The van der Waals surface area contributed by atoms with Crippen LogP contribution in [0.25, 0.3) is 0 Å². The number of nitrogens with zero attached hydrogens (tertiary/aromatic N) is 1. The highest BCUT2D eigenvalue weighted by Gasteiger charge is 2.16. The summed E-state index contributed by atoms with van der Waals surface area (Å²) in [4.78, 5) is 21.1. The van der Waals surface area contributed by atoms with Crippen LogP contribution in [0.15, 0.2) is 18.3 Å². The lowest BCUT2D eigenvalue weighted by atomic mass is 10.4. The maximum atomic E-state index is 10.6. The molecule has 0 atom stereocenters. The lowest BCUT2D eigenvalue weighted by Crippen LogP contribution is -2.04. The quantitative estimate of drug-likeness (QED) is 0.595. The second kappa shape index (κ2) is 2.74. The van der Waals surface area contributed by atoms with Gasteiger partial charge in [0.2, 0.25) is 0 Å². The van der Waals surface area contributed by atoms with Crippen LogP contribution in [0.3, 0.4) is 0 Å². The molecule has 0 aliphatic carbocycles. The minimum Gasteiger partial charge on any atom is -0.321 e. The molecule has 2 N–H and O–H groups in total. The molecule has 1 rings (SSSR count). The minimum absolute atomic E-state index is 0.0388. The average molecular weight is 173 g/mol. The molecule has 1 heterocycles. The lowest BCUT2D eigenvalue weighted by molar-refractivity contribution is 0.387. The van der Waals surface area contributed by atoms with Gasteiger partial charge >= 0.3 is 7.60 Å². The Kier molecular flexibility index (Phi) is 2.09. The summed E-state index contributed by atoms with van der Waals surface area (Å²) in [5, 5.41) is -0.0388. The number of hydrogen-bond acceptors (Lipinski definition) is 2. The van der Waals surface area contributed by atoms with Crippen LogP contribution in [-0.2, 0) is 4.57 Å². The Morgan fingerprint density at radius 2 is 2.09 bits per heavy atom. The summed E-state index contributed by atoms with van der Waals surface area (Å²) in [7, 11) is -4.10. The van der Waals surface area contributed by atoms with Crippen molar-refractivity contribution in [2.24, 2.45) is 0 Å². The molecule has 0 saturated heterocycles. The summed E-state index contributed by atoms with van der Waals surface area (Å²) >= 11 is 0. The maximum Gasteiger partial charge on any atom is 0.357 e. The molecule has 0 aliphatic rings. The summed E-state index contributed by atoms with van der Waals surface area (Å²) in [6, 6.07) is 2.94. The number of hydrogen-bond donors (Lipinski definition) is 2. The molecular formula is C6H8NO3P. The van der Waals surface area contributed by atoms with Gasteiger partial charge in [0.25, 0.3) is 0 Å². The molecule has 0 unspecified atom stereocenters. The Hall–Kier alpha value is -0.700.